The van der Waals surface area contributed by atoms with Crippen LogP contribution >= 0.6 is 11.8 Å². The van der Waals surface area contributed by atoms with Crippen molar-refractivity contribution in [2.24, 2.45) is 0 Å². The molecule has 24 heavy (non-hydrogen) atoms. The molecule has 1 aromatic carbocycles. The molecule has 128 valence electrons. The maximum Gasteiger partial charge on any atom is 0.233 e. The van der Waals surface area contributed by atoms with Gasteiger partial charge in [0.05, 0.1) is 5.25 Å². The third-order valence-corrected chi connectivity index (χ3v) is 5.35. The number of hydrogen-bond donors (Lipinski definition) is 2. The zero-order chi connectivity index (χ0) is 16.9. The smallest absolute Gasteiger partial charge is 0.233 e. The van der Waals surface area contributed by atoms with Gasteiger partial charge in [0, 0.05) is 11.6 Å². The number of thioether (sulfide) groups is 1. The number of hydrogen-bond acceptors (Lipinski definition) is 4. The first-order valence-electron chi connectivity index (χ1n) is 8.58. The lowest BCUT2D eigenvalue weighted by Crippen LogP contribution is -2.40. The second-order valence-corrected chi connectivity index (χ2v) is 7.74. The average Bonchev–Trinajstić information content (AvgIpc) is 3.05. The molecule has 0 saturated heterocycles. The minimum Gasteiger partial charge on any atom is -0.352 e. The molecule has 2 aromatic rings. The number of H-pyrrole nitrogens is 1. The van der Waals surface area contributed by atoms with Crippen molar-refractivity contribution in [3.8, 4) is 11.4 Å². The van der Waals surface area contributed by atoms with Crippen molar-refractivity contribution in [3.05, 3.63) is 29.8 Å². The summed E-state index contributed by atoms with van der Waals surface area (Å²) in [6.45, 7) is 3.96. The number of amides is 1. The monoisotopic (exact) mass is 344 g/mol. The predicted octanol–water partition coefficient (Wildman–Crippen LogP) is 3.71. The Labute approximate surface area is 147 Å². The van der Waals surface area contributed by atoms with Crippen LogP contribution in [0.2, 0.25) is 0 Å². The molecule has 6 heteroatoms. The topological polar surface area (TPSA) is 70.7 Å². The summed E-state index contributed by atoms with van der Waals surface area (Å²) in [6.07, 6.45) is 5.92. The van der Waals surface area contributed by atoms with Crippen LogP contribution < -0.4 is 5.32 Å². The standard InChI is InChI=1S/C18H24N4OS/c1-12-8-10-14(11-9-12)16-20-18(22-21-16)24-13(2)17(23)19-15-6-4-3-5-7-15/h8-11,13,15H,3-7H2,1-2H3,(H,19,23)(H,20,21,22)/t13-/m1/s1. The summed E-state index contributed by atoms with van der Waals surface area (Å²) < 4.78 is 0. The molecule has 0 bridgehead atoms. The average molecular weight is 344 g/mol. The van der Waals surface area contributed by atoms with Crippen LogP contribution in [0.1, 0.15) is 44.6 Å². The molecule has 0 aliphatic heterocycles. The Hall–Kier alpha value is -1.82. The molecular weight excluding hydrogens is 320 g/mol. The van der Waals surface area contributed by atoms with E-state index in [1.165, 1.54) is 36.6 Å². The van der Waals surface area contributed by atoms with Crippen molar-refractivity contribution < 1.29 is 4.79 Å². The van der Waals surface area contributed by atoms with Gasteiger partial charge < -0.3 is 5.32 Å². The minimum absolute atomic E-state index is 0.0774. The van der Waals surface area contributed by atoms with E-state index >= 15 is 0 Å². The molecule has 1 heterocycles. The van der Waals surface area contributed by atoms with Gasteiger partial charge in [0.15, 0.2) is 5.82 Å². The van der Waals surface area contributed by atoms with Gasteiger partial charge in [-0.3, -0.25) is 9.89 Å². The zero-order valence-corrected chi connectivity index (χ0v) is 15.0. The molecule has 1 fully saturated rings. The molecule has 3 rings (SSSR count). The molecule has 0 unspecified atom stereocenters. The highest BCUT2D eigenvalue weighted by Crippen LogP contribution is 2.24. The van der Waals surface area contributed by atoms with Crippen LogP contribution in [0, 0.1) is 6.92 Å². The first kappa shape index (κ1) is 17.0. The van der Waals surface area contributed by atoms with E-state index in [9.17, 15) is 4.79 Å². The SMILES string of the molecule is Cc1ccc(-c2nc(S[C@H](C)C(=O)NC3CCCCC3)n[nH]2)cc1. The van der Waals surface area contributed by atoms with Gasteiger partial charge in [0.1, 0.15) is 0 Å². The van der Waals surface area contributed by atoms with Crippen molar-refractivity contribution in [3.63, 3.8) is 0 Å². The lowest BCUT2D eigenvalue weighted by Gasteiger charge is -2.24. The molecule has 5 nitrogen and oxygen atoms in total. The predicted molar refractivity (Wildman–Crippen MR) is 96.9 cm³/mol. The van der Waals surface area contributed by atoms with E-state index in [2.05, 4.69) is 27.4 Å². The minimum atomic E-state index is -0.200. The summed E-state index contributed by atoms with van der Waals surface area (Å²) in [6, 6.07) is 8.47. The fourth-order valence-corrected chi connectivity index (χ4v) is 3.65. The summed E-state index contributed by atoms with van der Waals surface area (Å²) in [5, 5.41) is 10.8. The Morgan fingerprint density at radius 2 is 1.96 bits per heavy atom. The molecule has 0 spiro atoms. The maximum absolute atomic E-state index is 12.3. The van der Waals surface area contributed by atoms with E-state index < -0.39 is 0 Å². The van der Waals surface area contributed by atoms with Gasteiger partial charge in [-0.25, -0.2) is 4.98 Å². The van der Waals surface area contributed by atoms with Crippen LogP contribution in [0.4, 0.5) is 0 Å². The van der Waals surface area contributed by atoms with Crippen molar-refractivity contribution in [1.82, 2.24) is 20.5 Å². The lowest BCUT2D eigenvalue weighted by atomic mass is 9.95. The Balaban J connectivity index is 1.57. The summed E-state index contributed by atoms with van der Waals surface area (Å²) in [4.78, 5) is 16.8. The fraction of sp³-hybridized carbons (Fsp3) is 0.500. The number of benzene rings is 1. The normalized spacial score (nSPS) is 16.8. The number of aryl methyl sites for hydroxylation is 1. The van der Waals surface area contributed by atoms with Crippen LogP contribution in [-0.4, -0.2) is 32.4 Å². The highest BCUT2D eigenvalue weighted by atomic mass is 32.2. The fourth-order valence-electron chi connectivity index (χ4n) is 2.92. The summed E-state index contributed by atoms with van der Waals surface area (Å²) in [5.41, 5.74) is 2.21. The second-order valence-electron chi connectivity index (χ2n) is 6.44. The Bertz CT molecular complexity index is 677. The molecule has 1 amide bonds. The molecule has 1 aromatic heterocycles. The van der Waals surface area contributed by atoms with E-state index in [-0.39, 0.29) is 11.2 Å². The van der Waals surface area contributed by atoms with Crippen LogP contribution in [-0.2, 0) is 4.79 Å². The summed E-state index contributed by atoms with van der Waals surface area (Å²) in [5.74, 6) is 0.811. The van der Waals surface area contributed by atoms with Crippen molar-refractivity contribution in [2.75, 3.05) is 0 Å². The number of aromatic amines is 1. The van der Waals surface area contributed by atoms with Crippen LogP contribution in [0.5, 0.6) is 0 Å². The number of nitrogens with one attached hydrogen (secondary N) is 2. The van der Waals surface area contributed by atoms with Gasteiger partial charge in [-0.1, -0.05) is 60.9 Å². The summed E-state index contributed by atoms with van der Waals surface area (Å²) >= 11 is 1.39. The van der Waals surface area contributed by atoms with Crippen LogP contribution in [0.3, 0.4) is 0 Å². The first-order chi connectivity index (χ1) is 11.6. The van der Waals surface area contributed by atoms with Gasteiger partial charge in [-0.15, -0.1) is 5.10 Å². The largest absolute Gasteiger partial charge is 0.352 e. The van der Waals surface area contributed by atoms with Gasteiger partial charge in [-0.2, -0.15) is 0 Å². The van der Waals surface area contributed by atoms with E-state index in [1.807, 2.05) is 31.2 Å². The van der Waals surface area contributed by atoms with E-state index in [0.29, 0.717) is 11.2 Å². The summed E-state index contributed by atoms with van der Waals surface area (Å²) in [7, 11) is 0. The van der Waals surface area contributed by atoms with E-state index in [4.69, 9.17) is 0 Å². The molecule has 1 aliphatic rings. The molecule has 1 aliphatic carbocycles. The molecule has 0 radical (unpaired) electrons. The molecule has 1 atom stereocenters. The maximum atomic E-state index is 12.3. The number of carbonyl (C=O) groups is 1. The Morgan fingerprint density at radius 1 is 1.25 bits per heavy atom. The van der Waals surface area contributed by atoms with Crippen LogP contribution in [0.25, 0.3) is 11.4 Å². The van der Waals surface area contributed by atoms with E-state index in [0.717, 1.165) is 24.2 Å². The van der Waals surface area contributed by atoms with Gasteiger partial charge in [-0.05, 0) is 26.7 Å². The van der Waals surface area contributed by atoms with Gasteiger partial charge in [0.2, 0.25) is 11.1 Å². The highest BCUT2D eigenvalue weighted by molar-refractivity contribution is 8.00. The third kappa shape index (κ3) is 4.38. The number of aromatic nitrogens is 3. The number of carbonyl (C=O) groups excluding carboxylic acids is 1. The third-order valence-electron chi connectivity index (χ3n) is 4.39. The van der Waals surface area contributed by atoms with E-state index in [1.54, 1.807) is 0 Å². The molecular formula is C18H24N4OS. The highest BCUT2D eigenvalue weighted by Gasteiger charge is 2.21. The lowest BCUT2D eigenvalue weighted by molar-refractivity contribution is -0.121. The van der Waals surface area contributed by atoms with Gasteiger partial charge in [0.25, 0.3) is 0 Å². The van der Waals surface area contributed by atoms with Crippen molar-refractivity contribution in [2.45, 2.75) is 62.4 Å². The second kappa shape index (κ2) is 7.83. The Morgan fingerprint density at radius 3 is 2.67 bits per heavy atom. The molecule has 2 N–H and O–H groups in total. The number of rotatable bonds is 5. The quantitative estimate of drug-likeness (QED) is 0.811. The van der Waals surface area contributed by atoms with Crippen molar-refractivity contribution in [1.29, 1.82) is 0 Å². The van der Waals surface area contributed by atoms with Crippen molar-refractivity contribution >= 4 is 17.7 Å². The van der Waals surface area contributed by atoms with Gasteiger partial charge >= 0.3 is 0 Å². The molecule has 1 saturated carbocycles. The first-order valence-corrected chi connectivity index (χ1v) is 9.46. The van der Waals surface area contributed by atoms with Crippen LogP contribution in [0.15, 0.2) is 29.4 Å². The number of nitrogens with zero attached hydrogens (tertiary/aromatic N) is 2. The Kier molecular flexibility index (Phi) is 5.56. The zero-order valence-electron chi connectivity index (χ0n) is 14.2.